The van der Waals surface area contributed by atoms with Crippen molar-refractivity contribution in [2.75, 3.05) is 31.2 Å². The predicted octanol–water partition coefficient (Wildman–Crippen LogP) is 1.27. The zero-order valence-corrected chi connectivity index (χ0v) is 48.0. The van der Waals surface area contributed by atoms with E-state index in [4.69, 9.17) is 55.6 Å². The summed E-state index contributed by atoms with van der Waals surface area (Å²) in [7, 11) is 0. The Labute approximate surface area is 480 Å². The highest BCUT2D eigenvalue weighted by Crippen LogP contribution is 2.58. The number of ketones is 2. The lowest BCUT2D eigenvalue weighted by Gasteiger charge is -2.30. The fourth-order valence-electron chi connectivity index (χ4n) is 9.80. The first-order valence-corrected chi connectivity index (χ1v) is 31.3. The van der Waals surface area contributed by atoms with Crippen LogP contribution in [0.5, 0.6) is 0 Å². The van der Waals surface area contributed by atoms with Gasteiger partial charge in [0.1, 0.15) is 49.0 Å². The monoisotopic (exact) mass is 1230 g/mol. The molecule has 4 aromatic heterocycles. The number of rotatable bonds is 19. The van der Waals surface area contributed by atoms with Gasteiger partial charge in [0.2, 0.25) is 17.8 Å². The van der Waals surface area contributed by atoms with Crippen LogP contribution in [0.2, 0.25) is 0 Å². The topological polar surface area (TPSA) is 431 Å². The number of aliphatic hydroxyl groups is 1. The van der Waals surface area contributed by atoms with Crippen LogP contribution < -0.4 is 33.2 Å². The zero-order valence-electron chi connectivity index (χ0n) is 44.5. The van der Waals surface area contributed by atoms with E-state index in [0.717, 1.165) is 17.6 Å². The van der Waals surface area contributed by atoms with Crippen molar-refractivity contribution >= 4 is 107 Å². The average Bonchev–Trinajstić information content (AvgIpc) is 3.74. The van der Waals surface area contributed by atoms with Gasteiger partial charge in [0, 0.05) is 43.9 Å². The molecule has 10 N–H and O–H groups in total. The number of amides is 4. The van der Waals surface area contributed by atoms with Crippen LogP contribution in [-0.2, 0) is 85.7 Å². The third kappa shape index (κ3) is 14.2. The quantitative estimate of drug-likeness (QED) is 0.0243. The molecule has 1 aromatic carbocycles. The number of thiol groups is 1. The molecule has 3 fully saturated rings. The number of aromatic nitrogens is 8. The van der Waals surface area contributed by atoms with E-state index in [0.29, 0.717) is 30.4 Å². The van der Waals surface area contributed by atoms with Gasteiger partial charge in [-0.1, -0.05) is 56.8 Å². The lowest BCUT2D eigenvalue weighted by Crippen LogP contribution is -2.48. The minimum Gasteiger partial charge on any atom is -0.445 e. The first kappa shape index (κ1) is 61.0. The van der Waals surface area contributed by atoms with Crippen LogP contribution >= 0.6 is 25.8 Å². The predicted molar refractivity (Wildman–Crippen MR) is 296 cm³/mol. The summed E-state index contributed by atoms with van der Waals surface area (Å²) in [6.45, 7) is -5.33. The van der Waals surface area contributed by atoms with Crippen molar-refractivity contribution in [3.63, 3.8) is 0 Å². The van der Waals surface area contributed by atoms with E-state index in [-0.39, 0.29) is 95.9 Å². The summed E-state index contributed by atoms with van der Waals surface area (Å²) in [6, 6.07) is 4.15. The van der Waals surface area contributed by atoms with Crippen LogP contribution in [0.25, 0.3) is 22.3 Å². The van der Waals surface area contributed by atoms with Gasteiger partial charge in [-0.2, -0.15) is 9.97 Å². The number of fused-ring (bicyclic) bond motifs is 4. The molecule has 0 spiro atoms. The summed E-state index contributed by atoms with van der Waals surface area (Å²) in [5.41, 5.74) is 10.8. The van der Waals surface area contributed by atoms with Gasteiger partial charge in [-0.3, -0.25) is 66.6 Å². The SMILES string of the molecule is CC(C)[C@H](CC(=O)CCCCCN1C(=O)C=CC1=O)C(=O)N[C@@H](C)C(=O)Cc1ccc(COC(=O)NC2[C@H]3OP(O)(=S)OC[C@H]4O[C@@H](n5cnc6c(=O)[nH]c(N)nc65)C(O)[C@H]4OP(=O)(S)OC[C@H]3O[C@H]2n2cnc3c(=O)[nH]c(N)nc32)cc1. The molecule has 9 rings (SSSR count). The minimum atomic E-state index is -4.56. The van der Waals surface area contributed by atoms with Gasteiger partial charge in [-0.15, -0.1) is 0 Å². The maximum absolute atomic E-state index is 14.0. The number of nitrogens with two attached hydrogens (primary N) is 2. The molecule has 8 heterocycles. The third-order valence-electron chi connectivity index (χ3n) is 14.1. The maximum atomic E-state index is 14.0. The van der Waals surface area contributed by atoms with E-state index in [9.17, 15) is 52.9 Å². The summed E-state index contributed by atoms with van der Waals surface area (Å²) in [5.74, 6) is -3.03. The van der Waals surface area contributed by atoms with Crippen LogP contribution in [0, 0.1) is 11.8 Å². The van der Waals surface area contributed by atoms with E-state index in [1.54, 1.807) is 31.2 Å². The van der Waals surface area contributed by atoms with Crippen LogP contribution in [0.4, 0.5) is 16.7 Å². The van der Waals surface area contributed by atoms with Gasteiger partial charge in [0.15, 0.2) is 40.6 Å². The van der Waals surface area contributed by atoms with Crippen LogP contribution in [-0.4, -0.2) is 152 Å². The Morgan fingerprint density at radius 3 is 2.05 bits per heavy atom. The number of hydrogen-bond donors (Lipinski definition) is 9. The summed E-state index contributed by atoms with van der Waals surface area (Å²) in [4.78, 5) is 136. The largest absolute Gasteiger partial charge is 0.445 e. The van der Waals surface area contributed by atoms with E-state index in [1.165, 1.54) is 21.3 Å². The first-order valence-electron chi connectivity index (χ1n) is 26.0. The highest BCUT2D eigenvalue weighted by Gasteiger charge is 2.54. The number of aromatic amines is 2. The molecule has 0 radical (unpaired) electrons. The highest BCUT2D eigenvalue weighted by atomic mass is 32.7. The Kier molecular flexibility index (Phi) is 18.6. The van der Waals surface area contributed by atoms with Crippen molar-refractivity contribution in [2.45, 2.75) is 121 Å². The molecule has 5 aromatic rings. The standard InChI is InChI=1S/C48H59N13O18P2S2/c1-22(2)27(16-26(62)7-5-4-6-14-59-31(64)12-13-32(59)65)41(67)53-23(3)28(63)15-24-8-10-25(11-9-24)17-73-48(70)54-33-37-29(76-44(33)60-20-51-34-39(60)55-46(49)57-42(34)68)18-74-81(72,83)79-38-30(19-75-80(71,82)78-37)77-45(36(38)66)61-21-52-35-40(61)56-47(50)58-43(35)69/h8-13,20-23,27,29-30,33,36-38,44-45,66H,4-7,14-19H2,1-3H3,(H,53,67)(H,54,70)(H,71,82)(H,72,83)(H3,49,55,57,68)(H3,50,56,58,69)/t23-,27-,29+,30+,33?,36?,37-,38-,44+,45+,80?,81?/m0/s1. The molecule has 0 bridgehead atoms. The molecule has 446 valence electrons. The summed E-state index contributed by atoms with van der Waals surface area (Å²) in [6.07, 6.45) is -5.04. The normalized spacial score (nSPS) is 27.2. The number of nitrogens with one attached hydrogen (secondary N) is 4. The smallest absolute Gasteiger partial charge is 0.407 e. The molecule has 4 amide bonds. The number of anilines is 2. The van der Waals surface area contributed by atoms with Crippen molar-refractivity contribution in [3.8, 4) is 0 Å². The number of carbonyl (C=O) groups excluding carboxylic acids is 6. The Morgan fingerprint density at radius 2 is 1.42 bits per heavy atom. The number of hydrogen-bond acceptors (Lipinski definition) is 24. The van der Waals surface area contributed by atoms with Gasteiger partial charge in [0.05, 0.1) is 31.9 Å². The maximum Gasteiger partial charge on any atom is 0.407 e. The first-order chi connectivity index (χ1) is 39.3. The Bertz CT molecular complexity index is 3560. The van der Waals surface area contributed by atoms with Crippen molar-refractivity contribution in [1.29, 1.82) is 0 Å². The summed E-state index contributed by atoms with van der Waals surface area (Å²) < 4.78 is 57.8. The Hall–Kier alpha value is -6.61. The summed E-state index contributed by atoms with van der Waals surface area (Å²) >= 11 is 9.64. The molecule has 31 nitrogen and oxygen atoms in total. The van der Waals surface area contributed by atoms with E-state index >= 15 is 0 Å². The van der Waals surface area contributed by atoms with Crippen LogP contribution in [0.15, 0.2) is 58.7 Å². The second kappa shape index (κ2) is 25.3. The molecule has 83 heavy (non-hydrogen) atoms. The fraction of sp³-hybridized carbons (Fsp3) is 0.500. The lowest BCUT2D eigenvalue weighted by molar-refractivity contribution is -0.137. The number of aliphatic hydroxyl groups excluding tert-OH is 1. The van der Waals surface area contributed by atoms with Crippen molar-refractivity contribution in [1.82, 2.24) is 54.6 Å². The van der Waals surface area contributed by atoms with E-state index < -0.39 is 111 Å². The van der Waals surface area contributed by atoms with E-state index in [2.05, 4.69) is 52.8 Å². The van der Waals surface area contributed by atoms with Crippen LogP contribution in [0.1, 0.15) is 76.5 Å². The molecule has 35 heteroatoms. The van der Waals surface area contributed by atoms with Gasteiger partial charge >= 0.3 is 19.6 Å². The molecule has 0 aliphatic carbocycles. The lowest BCUT2D eigenvalue weighted by atomic mass is 9.88. The van der Waals surface area contributed by atoms with Crippen molar-refractivity contribution in [2.24, 2.45) is 11.8 Å². The fourth-order valence-corrected chi connectivity index (χ4v) is 12.7. The zero-order chi connectivity index (χ0) is 59.7. The van der Waals surface area contributed by atoms with Gasteiger partial charge in [-0.25, -0.2) is 19.3 Å². The molecule has 0 saturated carbocycles. The van der Waals surface area contributed by atoms with Crippen molar-refractivity contribution < 1.29 is 75.6 Å². The number of unbranched alkanes of at least 4 members (excludes halogenated alkanes) is 2. The van der Waals surface area contributed by atoms with Crippen molar-refractivity contribution in [3.05, 3.63) is 80.9 Å². The second-order valence-electron chi connectivity index (χ2n) is 20.3. The molecule has 4 aliphatic heterocycles. The highest BCUT2D eigenvalue weighted by molar-refractivity contribution is 8.44. The minimum absolute atomic E-state index is 0.0137. The number of nitrogen functional groups attached to an aromatic ring is 2. The number of imidazole rings is 2. The van der Waals surface area contributed by atoms with E-state index in [1.807, 2.05) is 13.8 Å². The molecular weight excluding hydrogens is 1170 g/mol. The van der Waals surface area contributed by atoms with Crippen LogP contribution in [0.3, 0.4) is 0 Å². The average molecular weight is 1230 g/mol. The molecule has 12 atom stereocenters. The number of carbonyl (C=O) groups is 6. The number of imide groups is 1. The number of ether oxygens (including phenoxy) is 3. The summed E-state index contributed by atoms with van der Waals surface area (Å²) in [5, 5.41) is 17.0. The number of benzene rings is 1. The van der Waals surface area contributed by atoms with Gasteiger partial charge in [-0.05, 0) is 48.6 Å². The van der Waals surface area contributed by atoms with Gasteiger partial charge < -0.3 is 55.4 Å². The number of nitrogens with zero attached hydrogens (tertiary/aromatic N) is 7. The van der Waals surface area contributed by atoms with Gasteiger partial charge in [0.25, 0.3) is 22.9 Å². The number of H-pyrrole nitrogens is 2. The molecular formula is C48H59N13O18P2S2. The number of alkyl carbamates (subject to hydrolysis) is 1. The molecule has 3 saturated heterocycles. The Balaban J connectivity index is 0.835. The number of Topliss-reactive ketones (excluding diaryl/α,β-unsaturated/α-hetero) is 2. The third-order valence-corrected chi connectivity index (χ3v) is 17.3. The Morgan fingerprint density at radius 1 is 0.843 bits per heavy atom. The molecule has 4 unspecified atom stereocenters. The second-order valence-corrected chi connectivity index (χ2v) is 26.0. The molecule has 4 aliphatic rings.